The van der Waals surface area contributed by atoms with Gasteiger partial charge in [-0.25, -0.2) is 0 Å². The van der Waals surface area contributed by atoms with E-state index in [0.29, 0.717) is 12.3 Å². The Bertz CT molecular complexity index is 592. The van der Waals surface area contributed by atoms with Gasteiger partial charge in [-0.05, 0) is 32.9 Å². The van der Waals surface area contributed by atoms with Gasteiger partial charge in [-0.3, -0.25) is 4.79 Å². The molecule has 6 heteroatoms. The van der Waals surface area contributed by atoms with Gasteiger partial charge in [-0.1, -0.05) is 17.7 Å². The van der Waals surface area contributed by atoms with Crippen LogP contribution in [0.2, 0.25) is 0 Å². The van der Waals surface area contributed by atoms with E-state index in [4.69, 9.17) is 4.74 Å². The second-order valence-electron chi connectivity index (χ2n) is 4.82. The maximum Gasteiger partial charge on any atom is 0.261 e. The lowest BCUT2D eigenvalue weighted by Gasteiger charge is -2.14. The summed E-state index contributed by atoms with van der Waals surface area (Å²) in [7, 11) is 0. The number of hydrogen-bond acceptors (Lipinski definition) is 4. The van der Waals surface area contributed by atoms with E-state index in [-0.39, 0.29) is 5.91 Å². The van der Waals surface area contributed by atoms with Crippen molar-refractivity contribution in [2.45, 2.75) is 40.0 Å². The first kappa shape index (κ1) is 15.0. The molecule has 0 aliphatic carbocycles. The molecule has 0 spiro atoms. The maximum absolute atomic E-state index is 12.0. The molecular weight excluding hydrogens is 268 g/mol. The molecule has 2 rings (SSSR count). The minimum atomic E-state index is -0.564. The van der Waals surface area contributed by atoms with Crippen molar-refractivity contribution in [1.82, 2.24) is 20.1 Å². The van der Waals surface area contributed by atoms with Crippen molar-refractivity contribution in [1.29, 1.82) is 0 Å². The van der Waals surface area contributed by atoms with E-state index in [1.807, 2.05) is 42.7 Å². The van der Waals surface area contributed by atoms with Gasteiger partial charge in [0.1, 0.15) is 12.1 Å². The minimum absolute atomic E-state index is 0.179. The first-order valence-electron chi connectivity index (χ1n) is 6.98. The predicted octanol–water partition coefficient (Wildman–Crippen LogP) is 1.69. The number of aryl methyl sites for hydroxylation is 2. The maximum atomic E-state index is 12.0. The van der Waals surface area contributed by atoms with Crippen LogP contribution in [0.15, 0.2) is 30.6 Å². The molecule has 1 heterocycles. The van der Waals surface area contributed by atoms with E-state index in [1.165, 1.54) is 0 Å². The van der Waals surface area contributed by atoms with Crippen LogP contribution in [0.3, 0.4) is 0 Å². The summed E-state index contributed by atoms with van der Waals surface area (Å²) < 4.78 is 7.48. The summed E-state index contributed by atoms with van der Waals surface area (Å²) >= 11 is 0. The fourth-order valence-electron chi connectivity index (χ4n) is 1.86. The molecule has 2 aromatic rings. The number of amides is 1. The average Bonchev–Trinajstić information content (AvgIpc) is 2.94. The molecule has 0 fully saturated rings. The number of ether oxygens (including phenoxy) is 1. The number of hydrogen-bond donors (Lipinski definition) is 1. The SMILES string of the molecule is CCn1cnnc1CNC(=O)C(C)Oc1ccc(C)cc1. The number of carbonyl (C=O) groups is 1. The van der Waals surface area contributed by atoms with Crippen LogP contribution in [-0.4, -0.2) is 26.8 Å². The highest BCUT2D eigenvalue weighted by molar-refractivity contribution is 5.80. The summed E-state index contributed by atoms with van der Waals surface area (Å²) in [6, 6.07) is 7.60. The van der Waals surface area contributed by atoms with Crippen LogP contribution in [0.25, 0.3) is 0 Å². The van der Waals surface area contributed by atoms with Crippen LogP contribution in [0.4, 0.5) is 0 Å². The second-order valence-corrected chi connectivity index (χ2v) is 4.82. The third-order valence-electron chi connectivity index (χ3n) is 3.16. The monoisotopic (exact) mass is 288 g/mol. The summed E-state index contributed by atoms with van der Waals surface area (Å²) in [5.41, 5.74) is 1.15. The molecule has 0 aliphatic heterocycles. The molecular formula is C15H20N4O2. The van der Waals surface area contributed by atoms with Gasteiger partial charge in [0, 0.05) is 6.54 Å². The molecule has 0 saturated heterocycles. The normalized spacial score (nSPS) is 12.0. The fraction of sp³-hybridized carbons (Fsp3) is 0.400. The van der Waals surface area contributed by atoms with E-state index in [9.17, 15) is 4.79 Å². The summed E-state index contributed by atoms with van der Waals surface area (Å²) in [5, 5.41) is 10.6. The van der Waals surface area contributed by atoms with Gasteiger partial charge < -0.3 is 14.6 Å². The number of aromatic nitrogens is 3. The number of carbonyl (C=O) groups excluding carboxylic acids is 1. The van der Waals surface area contributed by atoms with Crippen molar-refractivity contribution in [3.05, 3.63) is 42.0 Å². The van der Waals surface area contributed by atoms with Crippen molar-refractivity contribution in [2.75, 3.05) is 0 Å². The molecule has 1 aromatic heterocycles. The summed E-state index contributed by atoms with van der Waals surface area (Å²) in [6.07, 6.45) is 1.08. The van der Waals surface area contributed by atoms with Crippen LogP contribution >= 0.6 is 0 Å². The topological polar surface area (TPSA) is 69.0 Å². The van der Waals surface area contributed by atoms with Crippen LogP contribution in [0.1, 0.15) is 25.2 Å². The number of nitrogens with one attached hydrogen (secondary N) is 1. The largest absolute Gasteiger partial charge is 0.481 e. The van der Waals surface area contributed by atoms with Crippen molar-refractivity contribution < 1.29 is 9.53 Å². The van der Waals surface area contributed by atoms with Crippen LogP contribution in [-0.2, 0) is 17.9 Å². The standard InChI is InChI=1S/C15H20N4O2/c1-4-19-10-17-18-14(19)9-16-15(20)12(3)21-13-7-5-11(2)6-8-13/h5-8,10,12H,4,9H2,1-3H3,(H,16,20). The molecule has 0 radical (unpaired) electrons. The van der Waals surface area contributed by atoms with Crippen molar-refractivity contribution in [3.63, 3.8) is 0 Å². The Kier molecular flexibility index (Phi) is 4.92. The molecule has 112 valence electrons. The summed E-state index contributed by atoms with van der Waals surface area (Å²) in [5.74, 6) is 1.23. The first-order chi connectivity index (χ1) is 10.1. The Morgan fingerprint density at radius 1 is 1.38 bits per heavy atom. The van der Waals surface area contributed by atoms with E-state index in [1.54, 1.807) is 13.3 Å². The summed E-state index contributed by atoms with van der Waals surface area (Å²) in [6.45, 7) is 6.84. The molecule has 1 aromatic carbocycles. The molecule has 21 heavy (non-hydrogen) atoms. The molecule has 6 nitrogen and oxygen atoms in total. The van der Waals surface area contributed by atoms with Gasteiger partial charge in [0.2, 0.25) is 0 Å². The third-order valence-corrected chi connectivity index (χ3v) is 3.16. The Hall–Kier alpha value is -2.37. The zero-order valence-electron chi connectivity index (χ0n) is 12.5. The van der Waals surface area contributed by atoms with Crippen molar-refractivity contribution >= 4 is 5.91 Å². The Labute approximate surface area is 124 Å². The predicted molar refractivity (Wildman–Crippen MR) is 78.8 cm³/mol. The number of rotatable bonds is 6. The zero-order chi connectivity index (χ0) is 15.2. The highest BCUT2D eigenvalue weighted by atomic mass is 16.5. The average molecular weight is 288 g/mol. The van der Waals surface area contributed by atoms with Gasteiger partial charge in [0.05, 0.1) is 6.54 Å². The zero-order valence-corrected chi connectivity index (χ0v) is 12.5. The van der Waals surface area contributed by atoms with E-state index >= 15 is 0 Å². The quantitative estimate of drug-likeness (QED) is 0.878. The second kappa shape index (κ2) is 6.88. The van der Waals surface area contributed by atoms with Crippen molar-refractivity contribution in [2.24, 2.45) is 0 Å². The van der Waals surface area contributed by atoms with Gasteiger partial charge in [0.25, 0.3) is 5.91 Å². The molecule has 1 amide bonds. The molecule has 0 saturated carbocycles. The fourth-order valence-corrected chi connectivity index (χ4v) is 1.86. The van der Waals surface area contributed by atoms with Crippen LogP contribution < -0.4 is 10.1 Å². The highest BCUT2D eigenvalue weighted by Crippen LogP contribution is 2.13. The van der Waals surface area contributed by atoms with Crippen molar-refractivity contribution in [3.8, 4) is 5.75 Å². The van der Waals surface area contributed by atoms with Gasteiger partial charge in [-0.2, -0.15) is 0 Å². The minimum Gasteiger partial charge on any atom is -0.481 e. The van der Waals surface area contributed by atoms with Gasteiger partial charge >= 0.3 is 0 Å². The van der Waals surface area contributed by atoms with Crippen LogP contribution in [0.5, 0.6) is 5.75 Å². The Morgan fingerprint density at radius 3 is 2.76 bits per heavy atom. The van der Waals surface area contributed by atoms with E-state index < -0.39 is 6.10 Å². The van der Waals surface area contributed by atoms with E-state index in [0.717, 1.165) is 17.9 Å². The lowest BCUT2D eigenvalue weighted by Crippen LogP contribution is -2.36. The number of benzene rings is 1. The third kappa shape index (κ3) is 4.05. The van der Waals surface area contributed by atoms with Gasteiger partial charge in [0.15, 0.2) is 11.9 Å². The first-order valence-corrected chi connectivity index (χ1v) is 6.98. The lowest BCUT2D eigenvalue weighted by molar-refractivity contribution is -0.127. The smallest absolute Gasteiger partial charge is 0.261 e. The molecule has 0 aliphatic rings. The molecule has 1 unspecified atom stereocenters. The highest BCUT2D eigenvalue weighted by Gasteiger charge is 2.15. The van der Waals surface area contributed by atoms with Crippen LogP contribution in [0, 0.1) is 6.92 Å². The molecule has 1 N–H and O–H groups in total. The van der Waals surface area contributed by atoms with Gasteiger partial charge in [-0.15, -0.1) is 10.2 Å². The molecule has 0 bridgehead atoms. The molecule has 1 atom stereocenters. The van der Waals surface area contributed by atoms with E-state index in [2.05, 4.69) is 15.5 Å². The Morgan fingerprint density at radius 2 is 2.10 bits per heavy atom. The Balaban J connectivity index is 1.86. The summed E-state index contributed by atoms with van der Waals surface area (Å²) in [4.78, 5) is 12.0. The number of nitrogens with zero attached hydrogens (tertiary/aromatic N) is 3. The lowest BCUT2D eigenvalue weighted by atomic mass is 10.2.